The van der Waals surface area contributed by atoms with Gasteiger partial charge in [-0.25, -0.2) is 4.39 Å². The average Bonchev–Trinajstić information content (AvgIpc) is 2.33. The highest BCUT2D eigenvalue weighted by Crippen LogP contribution is 2.44. The molecule has 0 radical (unpaired) electrons. The molecule has 0 atom stereocenters. The zero-order chi connectivity index (χ0) is 12.9. The van der Waals surface area contributed by atoms with Gasteiger partial charge in [0.15, 0.2) is 0 Å². The fourth-order valence-electron chi connectivity index (χ4n) is 1.94. The van der Waals surface area contributed by atoms with Crippen LogP contribution >= 0.6 is 38.5 Å². The highest BCUT2D eigenvalue weighted by atomic mass is 127. The molecule has 0 fully saturated rings. The molecule has 0 saturated heterocycles. The van der Waals surface area contributed by atoms with Crippen molar-refractivity contribution in [3.8, 4) is 11.5 Å². The van der Waals surface area contributed by atoms with Crippen molar-refractivity contribution in [3.63, 3.8) is 0 Å². The van der Waals surface area contributed by atoms with E-state index in [-0.39, 0.29) is 5.82 Å². The molecular weight excluding hydrogens is 410 g/mol. The van der Waals surface area contributed by atoms with Crippen LogP contribution in [0.25, 0.3) is 5.57 Å². The van der Waals surface area contributed by atoms with Crippen LogP contribution in [-0.4, -0.2) is 0 Å². The third kappa shape index (κ3) is 1.87. The molecule has 1 heterocycles. The third-order valence-corrected chi connectivity index (χ3v) is 4.11. The number of ether oxygens (including phenoxy) is 1. The van der Waals surface area contributed by atoms with Crippen LogP contribution in [0.3, 0.4) is 0 Å². The molecule has 0 bridgehead atoms. The molecule has 18 heavy (non-hydrogen) atoms. The molecule has 0 unspecified atom stereocenters. The molecule has 4 heteroatoms. The number of halogens is 3. The van der Waals surface area contributed by atoms with Crippen molar-refractivity contribution in [2.24, 2.45) is 0 Å². The lowest BCUT2D eigenvalue weighted by Crippen LogP contribution is -2.03. The van der Waals surface area contributed by atoms with Crippen molar-refractivity contribution in [1.29, 1.82) is 0 Å². The minimum atomic E-state index is -0.312. The van der Waals surface area contributed by atoms with Crippen molar-refractivity contribution in [1.82, 2.24) is 0 Å². The van der Waals surface area contributed by atoms with Gasteiger partial charge in [-0.15, -0.1) is 0 Å². The topological polar surface area (TPSA) is 9.23 Å². The van der Waals surface area contributed by atoms with Crippen molar-refractivity contribution in [2.45, 2.75) is 0 Å². The highest BCUT2D eigenvalue weighted by molar-refractivity contribution is 14.1. The van der Waals surface area contributed by atoms with E-state index < -0.39 is 0 Å². The number of rotatable bonds is 0. The molecule has 1 nitrogen and oxygen atoms in total. The Kier molecular flexibility index (Phi) is 2.94. The molecule has 90 valence electrons. The number of hydrogen-bond donors (Lipinski definition) is 0. The average molecular weight is 417 g/mol. The Morgan fingerprint density at radius 3 is 2.61 bits per heavy atom. The lowest BCUT2D eigenvalue weighted by molar-refractivity contribution is 0.471. The molecule has 1 aliphatic heterocycles. The molecule has 0 spiro atoms. The van der Waals surface area contributed by atoms with E-state index in [0.29, 0.717) is 15.8 Å². The highest BCUT2D eigenvalue weighted by Gasteiger charge is 2.22. The lowest BCUT2D eigenvalue weighted by atomic mass is 9.95. The van der Waals surface area contributed by atoms with E-state index >= 15 is 0 Å². The van der Waals surface area contributed by atoms with Crippen LogP contribution in [0.5, 0.6) is 11.5 Å². The summed E-state index contributed by atoms with van der Waals surface area (Å²) in [4.78, 5) is 0. The maximum Gasteiger partial charge on any atom is 0.138 e. The van der Waals surface area contributed by atoms with Crippen molar-refractivity contribution in [2.75, 3.05) is 0 Å². The molecule has 0 aromatic heterocycles. The Hall–Kier alpha value is -0.880. The standard InChI is InChI=1S/C14H7BrFIO/c1-7-9-4-8(17)2-3-13(9)18-14-6-11(15)12(16)5-10(7)14/h2-6H,1H2. The van der Waals surface area contributed by atoms with E-state index in [0.717, 1.165) is 20.5 Å². The first kappa shape index (κ1) is 12.2. The van der Waals surface area contributed by atoms with Gasteiger partial charge in [0.25, 0.3) is 0 Å². The summed E-state index contributed by atoms with van der Waals surface area (Å²) in [5.74, 6) is 1.07. The van der Waals surface area contributed by atoms with Crippen LogP contribution in [0.4, 0.5) is 4.39 Å². The Bertz CT molecular complexity index is 682. The normalized spacial score (nSPS) is 12.7. The van der Waals surface area contributed by atoms with E-state index in [1.807, 2.05) is 18.2 Å². The second kappa shape index (κ2) is 4.35. The maximum absolute atomic E-state index is 13.6. The SMILES string of the molecule is C=C1c2cc(I)ccc2Oc2cc(Br)c(F)cc21. The Morgan fingerprint density at radius 2 is 1.83 bits per heavy atom. The van der Waals surface area contributed by atoms with E-state index in [4.69, 9.17) is 4.74 Å². The van der Waals surface area contributed by atoms with Crippen LogP contribution in [0, 0.1) is 9.39 Å². The third-order valence-electron chi connectivity index (χ3n) is 2.83. The minimum Gasteiger partial charge on any atom is -0.456 e. The van der Waals surface area contributed by atoms with Gasteiger partial charge in [-0.3, -0.25) is 0 Å². The number of hydrogen-bond acceptors (Lipinski definition) is 1. The molecule has 2 aromatic carbocycles. The van der Waals surface area contributed by atoms with Crippen LogP contribution in [-0.2, 0) is 0 Å². The summed E-state index contributed by atoms with van der Waals surface area (Å²) in [6.07, 6.45) is 0. The van der Waals surface area contributed by atoms with Crippen LogP contribution < -0.4 is 4.74 Å². The monoisotopic (exact) mass is 416 g/mol. The zero-order valence-electron chi connectivity index (χ0n) is 9.14. The summed E-state index contributed by atoms with van der Waals surface area (Å²) in [5, 5.41) is 0. The molecule has 3 rings (SSSR count). The molecule has 0 aliphatic carbocycles. The lowest BCUT2D eigenvalue weighted by Gasteiger charge is -2.22. The Balaban J connectivity index is 2.22. The number of benzene rings is 2. The quantitative estimate of drug-likeness (QED) is 0.448. The fourth-order valence-corrected chi connectivity index (χ4v) is 2.75. The smallest absolute Gasteiger partial charge is 0.138 e. The van der Waals surface area contributed by atoms with Gasteiger partial charge in [0, 0.05) is 14.7 Å². The van der Waals surface area contributed by atoms with Crippen LogP contribution in [0.2, 0.25) is 0 Å². The van der Waals surface area contributed by atoms with E-state index in [2.05, 4.69) is 45.1 Å². The minimum absolute atomic E-state index is 0.312. The first-order chi connectivity index (χ1) is 8.56. The van der Waals surface area contributed by atoms with E-state index in [1.54, 1.807) is 6.07 Å². The van der Waals surface area contributed by atoms with Gasteiger partial charge in [0.1, 0.15) is 17.3 Å². The Labute approximate surface area is 126 Å². The second-order valence-electron chi connectivity index (χ2n) is 3.98. The van der Waals surface area contributed by atoms with Gasteiger partial charge in [-0.2, -0.15) is 0 Å². The Morgan fingerprint density at radius 1 is 1.11 bits per heavy atom. The second-order valence-corrected chi connectivity index (χ2v) is 6.08. The van der Waals surface area contributed by atoms with E-state index in [9.17, 15) is 4.39 Å². The first-order valence-electron chi connectivity index (χ1n) is 5.22. The van der Waals surface area contributed by atoms with Gasteiger partial charge in [0.2, 0.25) is 0 Å². The molecule has 1 aliphatic rings. The number of fused-ring (bicyclic) bond motifs is 2. The van der Waals surface area contributed by atoms with Gasteiger partial charge in [0.05, 0.1) is 4.47 Å². The summed E-state index contributed by atoms with van der Waals surface area (Å²) in [7, 11) is 0. The molecule has 0 N–H and O–H groups in total. The predicted octanol–water partition coefficient (Wildman–Crippen LogP) is 5.36. The van der Waals surface area contributed by atoms with Gasteiger partial charge < -0.3 is 4.74 Å². The largest absolute Gasteiger partial charge is 0.456 e. The fraction of sp³-hybridized carbons (Fsp3) is 0. The summed E-state index contributed by atoms with van der Waals surface area (Å²) < 4.78 is 20.9. The summed E-state index contributed by atoms with van der Waals surface area (Å²) in [5.41, 5.74) is 2.40. The molecular formula is C14H7BrFIO. The predicted molar refractivity (Wildman–Crippen MR) is 81.5 cm³/mol. The van der Waals surface area contributed by atoms with E-state index in [1.165, 1.54) is 6.07 Å². The summed E-state index contributed by atoms with van der Waals surface area (Å²) >= 11 is 5.39. The molecule has 0 amide bonds. The molecule has 0 saturated carbocycles. The van der Waals surface area contributed by atoms with Crippen molar-refractivity contribution in [3.05, 3.63) is 61.9 Å². The van der Waals surface area contributed by atoms with Crippen molar-refractivity contribution >= 4 is 44.1 Å². The van der Waals surface area contributed by atoms with Gasteiger partial charge >= 0.3 is 0 Å². The summed E-state index contributed by atoms with van der Waals surface area (Å²) in [6, 6.07) is 8.95. The van der Waals surface area contributed by atoms with Crippen molar-refractivity contribution < 1.29 is 9.13 Å². The molecule has 2 aromatic rings. The van der Waals surface area contributed by atoms with Crippen LogP contribution in [0.15, 0.2) is 41.4 Å². The first-order valence-corrected chi connectivity index (χ1v) is 7.09. The van der Waals surface area contributed by atoms with Gasteiger partial charge in [-0.1, -0.05) is 6.58 Å². The van der Waals surface area contributed by atoms with Crippen LogP contribution in [0.1, 0.15) is 11.1 Å². The zero-order valence-corrected chi connectivity index (χ0v) is 12.9. The summed E-state index contributed by atoms with van der Waals surface area (Å²) in [6.45, 7) is 4.04. The van der Waals surface area contributed by atoms with Gasteiger partial charge in [-0.05, 0) is 74.4 Å². The maximum atomic E-state index is 13.6.